The Kier molecular flexibility index (Phi) is 5.47. The van der Waals surface area contributed by atoms with E-state index >= 15 is 0 Å². The number of nitrogens with zero attached hydrogens (tertiary/aromatic N) is 3. The zero-order chi connectivity index (χ0) is 16.2. The molecule has 2 heterocycles. The van der Waals surface area contributed by atoms with Gasteiger partial charge in [0.05, 0.1) is 17.8 Å². The molecule has 22 heavy (non-hydrogen) atoms. The number of halogens is 1. The first kappa shape index (κ1) is 16.8. The summed E-state index contributed by atoms with van der Waals surface area (Å²) >= 11 is 0. The van der Waals surface area contributed by atoms with Crippen LogP contribution in [0.3, 0.4) is 0 Å². The molecule has 5 nitrogen and oxygen atoms in total. The molecule has 0 spiro atoms. The van der Waals surface area contributed by atoms with Gasteiger partial charge >= 0.3 is 0 Å². The van der Waals surface area contributed by atoms with Crippen LogP contribution in [-0.4, -0.2) is 60.6 Å². The van der Waals surface area contributed by atoms with Gasteiger partial charge in [0.2, 0.25) is 5.91 Å². The van der Waals surface area contributed by atoms with Crippen molar-refractivity contribution in [1.82, 2.24) is 14.8 Å². The van der Waals surface area contributed by atoms with Crippen molar-refractivity contribution in [1.29, 1.82) is 0 Å². The molecule has 1 saturated heterocycles. The van der Waals surface area contributed by atoms with Gasteiger partial charge in [0.1, 0.15) is 5.82 Å². The Morgan fingerprint density at radius 3 is 2.95 bits per heavy atom. The highest BCUT2D eigenvalue weighted by atomic mass is 19.1. The predicted octanol–water partition coefficient (Wildman–Crippen LogP) is 1.68. The molecular formula is C16H24FN3O2. The van der Waals surface area contributed by atoms with Gasteiger partial charge in [-0.1, -0.05) is 0 Å². The molecule has 0 unspecified atom stereocenters. The van der Waals surface area contributed by atoms with Crippen LogP contribution in [0.1, 0.15) is 25.0 Å². The molecule has 0 radical (unpaired) electrons. The standard InChI is InChI=1S/C16H24FN3O2/c1-19(2)15(21)10-16(12-22-3)7-5-9-20(16)11-14-13(17)6-4-8-18-14/h4,6,8H,5,7,9-12H2,1-3H3/t16-/m1/s1. The van der Waals surface area contributed by atoms with Crippen LogP contribution in [0.5, 0.6) is 0 Å². The normalized spacial score (nSPS) is 22.0. The van der Waals surface area contributed by atoms with Crippen LogP contribution in [0.25, 0.3) is 0 Å². The lowest BCUT2D eigenvalue weighted by atomic mass is 9.92. The number of pyridine rings is 1. The maximum atomic E-state index is 13.9. The topological polar surface area (TPSA) is 45.7 Å². The molecule has 0 N–H and O–H groups in total. The van der Waals surface area contributed by atoms with Gasteiger partial charge in [-0.15, -0.1) is 0 Å². The summed E-state index contributed by atoms with van der Waals surface area (Å²) in [5.74, 6) is -0.245. The molecule has 1 amide bonds. The molecule has 0 aromatic carbocycles. The minimum atomic E-state index is -0.375. The first-order valence-corrected chi connectivity index (χ1v) is 7.52. The fourth-order valence-corrected chi connectivity index (χ4v) is 3.08. The molecule has 0 saturated carbocycles. The van der Waals surface area contributed by atoms with Crippen molar-refractivity contribution in [3.63, 3.8) is 0 Å². The fraction of sp³-hybridized carbons (Fsp3) is 0.625. The van der Waals surface area contributed by atoms with E-state index < -0.39 is 0 Å². The smallest absolute Gasteiger partial charge is 0.224 e. The van der Waals surface area contributed by atoms with Crippen molar-refractivity contribution in [2.24, 2.45) is 0 Å². The Labute approximate surface area is 131 Å². The third kappa shape index (κ3) is 3.62. The van der Waals surface area contributed by atoms with Gasteiger partial charge in [0.15, 0.2) is 0 Å². The third-order valence-corrected chi connectivity index (χ3v) is 4.31. The predicted molar refractivity (Wildman–Crippen MR) is 81.8 cm³/mol. The Morgan fingerprint density at radius 2 is 2.32 bits per heavy atom. The molecule has 122 valence electrons. The summed E-state index contributed by atoms with van der Waals surface area (Å²) in [7, 11) is 5.14. The fourth-order valence-electron chi connectivity index (χ4n) is 3.08. The van der Waals surface area contributed by atoms with Gasteiger partial charge in [-0.2, -0.15) is 0 Å². The first-order valence-electron chi connectivity index (χ1n) is 7.52. The van der Waals surface area contributed by atoms with E-state index in [1.54, 1.807) is 38.4 Å². The van der Waals surface area contributed by atoms with E-state index in [-0.39, 0.29) is 17.3 Å². The maximum Gasteiger partial charge on any atom is 0.224 e. The second-order valence-corrected chi connectivity index (χ2v) is 6.08. The molecule has 1 aliphatic heterocycles. The Bertz CT molecular complexity index is 524. The van der Waals surface area contributed by atoms with Crippen molar-refractivity contribution >= 4 is 5.91 Å². The summed E-state index contributed by atoms with van der Waals surface area (Å²) in [4.78, 5) is 20.1. The number of methoxy groups -OCH3 is 1. The van der Waals surface area contributed by atoms with Crippen LogP contribution in [0.15, 0.2) is 18.3 Å². The molecule has 1 aromatic heterocycles. The zero-order valence-corrected chi connectivity index (χ0v) is 13.5. The number of carbonyl (C=O) groups is 1. The Balaban J connectivity index is 2.20. The van der Waals surface area contributed by atoms with Crippen LogP contribution >= 0.6 is 0 Å². The van der Waals surface area contributed by atoms with Crippen LogP contribution < -0.4 is 0 Å². The number of likely N-dealkylation sites (tertiary alicyclic amines) is 1. The van der Waals surface area contributed by atoms with Crippen molar-refractivity contribution in [2.45, 2.75) is 31.3 Å². The molecule has 1 aliphatic rings. The summed E-state index contributed by atoms with van der Waals surface area (Å²) < 4.78 is 19.3. The number of aromatic nitrogens is 1. The van der Waals surface area contributed by atoms with Crippen molar-refractivity contribution in [3.05, 3.63) is 29.8 Å². The zero-order valence-electron chi connectivity index (χ0n) is 13.5. The number of amides is 1. The maximum absolute atomic E-state index is 13.9. The van der Waals surface area contributed by atoms with E-state index in [1.807, 2.05) is 0 Å². The van der Waals surface area contributed by atoms with Gasteiger partial charge in [-0.25, -0.2) is 4.39 Å². The van der Waals surface area contributed by atoms with Gasteiger partial charge in [0, 0.05) is 40.4 Å². The van der Waals surface area contributed by atoms with E-state index in [9.17, 15) is 9.18 Å². The highest BCUT2D eigenvalue weighted by molar-refractivity contribution is 5.77. The second kappa shape index (κ2) is 7.15. The lowest BCUT2D eigenvalue weighted by Crippen LogP contribution is -2.50. The van der Waals surface area contributed by atoms with Gasteiger partial charge in [0.25, 0.3) is 0 Å². The third-order valence-electron chi connectivity index (χ3n) is 4.31. The SMILES string of the molecule is COC[C@]1(CC(=O)N(C)C)CCCN1Cc1ncccc1F. The highest BCUT2D eigenvalue weighted by Crippen LogP contribution is 2.34. The number of hydrogen-bond acceptors (Lipinski definition) is 4. The average Bonchev–Trinajstić information content (AvgIpc) is 2.84. The Hall–Kier alpha value is -1.53. The van der Waals surface area contributed by atoms with Crippen LogP contribution in [-0.2, 0) is 16.1 Å². The van der Waals surface area contributed by atoms with Crippen molar-refractivity contribution in [3.8, 4) is 0 Å². The van der Waals surface area contributed by atoms with Crippen LogP contribution in [0, 0.1) is 5.82 Å². The molecule has 1 aromatic rings. The van der Waals surface area contributed by atoms with E-state index in [1.165, 1.54) is 6.07 Å². The summed E-state index contributed by atoms with van der Waals surface area (Å²) in [5, 5.41) is 0. The first-order chi connectivity index (χ1) is 10.5. The minimum absolute atomic E-state index is 0.0606. The average molecular weight is 309 g/mol. The number of hydrogen-bond donors (Lipinski definition) is 0. The van der Waals surface area contributed by atoms with Gasteiger partial charge < -0.3 is 9.64 Å². The molecule has 6 heteroatoms. The molecule has 2 rings (SSSR count). The summed E-state index contributed by atoms with van der Waals surface area (Å²) in [6, 6.07) is 3.00. The lowest BCUT2D eigenvalue weighted by Gasteiger charge is -2.38. The van der Waals surface area contributed by atoms with E-state index in [0.29, 0.717) is 25.3 Å². The van der Waals surface area contributed by atoms with E-state index in [0.717, 1.165) is 19.4 Å². The van der Waals surface area contributed by atoms with E-state index in [2.05, 4.69) is 9.88 Å². The van der Waals surface area contributed by atoms with Crippen molar-refractivity contribution < 1.29 is 13.9 Å². The summed E-state index contributed by atoms with van der Waals surface area (Å²) in [6.45, 7) is 1.68. The van der Waals surface area contributed by atoms with Crippen LogP contribution in [0.2, 0.25) is 0 Å². The number of ether oxygens (including phenoxy) is 1. The molecule has 1 atom stereocenters. The van der Waals surface area contributed by atoms with E-state index in [4.69, 9.17) is 4.74 Å². The number of rotatable bonds is 6. The molecule has 0 bridgehead atoms. The molecule has 0 aliphatic carbocycles. The monoisotopic (exact) mass is 309 g/mol. The lowest BCUT2D eigenvalue weighted by molar-refractivity contribution is -0.132. The highest BCUT2D eigenvalue weighted by Gasteiger charge is 2.43. The van der Waals surface area contributed by atoms with Crippen LogP contribution in [0.4, 0.5) is 4.39 Å². The Morgan fingerprint density at radius 1 is 1.55 bits per heavy atom. The summed E-state index contributed by atoms with van der Waals surface area (Å²) in [6.07, 6.45) is 3.81. The summed E-state index contributed by atoms with van der Waals surface area (Å²) in [5.41, 5.74) is 0.0437. The second-order valence-electron chi connectivity index (χ2n) is 6.08. The molecular weight excluding hydrogens is 285 g/mol. The quantitative estimate of drug-likeness (QED) is 0.802. The van der Waals surface area contributed by atoms with Gasteiger partial charge in [-0.05, 0) is 31.5 Å². The van der Waals surface area contributed by atoms with Crippen molar-refractivity contribution in [2.75, 3.05) is 34.4 Å². The number of carbonyl (C=O) groups excluding carboxylic acids is 1. The molecule has 1 fully saturated rings. The largest absolute Gasteiger partial charge is 0.383 e. The minimum Gasteiger partial charge on any atom is -0.383 e. The van der Waals surface area contributed by atoms with Gasteiger partial charge in [-0.3, -0.25) is 14.7 Å².